The molecule has 1 unspecified atom stereocenters. The Bertz CT molecular complexity index is 214. The molecule has 0 spiro atoms. The van der Waals surface area contributed by atoms with E-state index in [9.17, 15) is 0 Å². The number of rotatable bonds is 3. The van der Waals surface area contributed by atoms with Gasteiger partial charge in [-0.2, -0.15) is 11.8 Å². The number of thioether (sulfide) groups is 1. The Labute approximate surface area is 77.1 Å². The highest BCUT2D eigenvalue weighted by atomic mass is 32.2. The first-order valence-corrected chi connectivity index (χ1v) is 5.53. The van der Waals surface area contributed by atoms with Crippen LogP contribution in [0.5, 0.6) is 0 Å². The van der Waals surface area contributed by atoms with Gasteiger partial charge in [-0.15, -0.1) is 0 Å². The average molecular weight is 182 g/mol. The lowest BCUT2D eigenvalue weighted by Crippen LogP contribution is -2.27. The molecule has 2 rings (SSSR count). The van der Waals surface area contributed by atoms with Crippen LogP contribution in [-0.2, 0) is 6.54 Å². The van der Waals surface area contributed by atoms with Gasteiger partial charge in [-0.1, -0.05) is 0 Å². The van der Waals surface area contributed by atoms with Crippen LogP contribution in [0.3, 0.4) is 0 Å². The zero-order valence-electron chi connectivity index (χ0n) is 7.05. The van der Waals surface area contributed by atoms with Crippen molar-refractivity contribution in [2.24, 2.45) is 0 Å². The van der Waals surface area contributed by atoms with Gasteiger partial charge < -0.3 is 10.3 Å². The second-order valence-corrected chi connectivity index (χ2v) is 4.31. The molecule has 1 fully saturated rings. The van der Waals surface area contributed by atoms with E-state index in [4.69, 9.17) is 0 Å². The van der Waals surface area contributed by atoms with Crippen LogP contribution in [0.25, 0.3) is 0 Å². The van der Waals surface area contributed by atoms with Crippen molar-refractivity contribution in [3.63, 3.8) is 0 Å². The summed E-state index contributed by atoms with van der Waals surface area (Å²) in [5, 5.41) is 3.54. The van der Waals surface area contributed by atoms with Gasteiger partial charge in [0.15, 0.2) is 0 Å². The first-order chi connectivity index (χ1) is 5.95. The minimum absolute atomic E-state index is 0.741. The van der Waals surface area contributed by atoms with Crippen molar-refractivity contribution in [2.75, 3.05) is 11.5 Å². The Kier molecular flexibility index (Phi) is 2.74. The van der Waals surface area contributed by atoms with Crippen LogP contribution in [0.1, 0.15) is 12.0 Å². The van der Waals surface area contributed by atoms with E-state index in [0.717, 1.165) is 12.6 Å². The zero-order valence-corrected chi connectivity index (χ0v) is 7.86. The fourth-order valence-electron chi connectivity index (χ4n) is 1.43. The van der Waals surface area contributed by atoms with E-state index in [2.05, 4.69) is 22.6 Å². The Hall–Kier alpha value is -0.410. The molecule has 1 atom stereocenters. The molecule has 0 bridgehead atoms. The maximum atomic E-state index is 3.54. The maximum absolute atomic E-state index is 3.54. The second kappa shape index (κ2) is 4.01. The van der Waals surface area contributed by atoms with Crippen LogP contribution in [0.2, 0.25) is 0 Å². The molecular formula is C9H14N2S. The quantitative estimate of drug-likeness (QED) is 0.743. The van der Waals surface area contributed by atoms with Crippen LogP contribution in [0, 0.1) is 0 Å². The van der Waals surface area contributed by atoms with Gasteiger partial charge in [0, 0.05) is 30.7 Å². The van der Waals surface area contributed by atoms with E-state index in [-0.39, 0.29) is 0 Å². The number of H-pyrrole nitrogens is 1. The summed E-state index contributed by atoms with van der Waals surface area (Å²) in [6.45, 7) is 1.01. The topological polar surface area (TPSA) is 27.8 Å². The molecule has 1 aromatic rings. The van der Waals surface area contributed by atoms with Gasteiger partial charge in [-0.25, -0.2) is 0 Å². The van der Waals surface area contributed by atoms with Crippen molar-refractivity contribution in [1.82, 2.24) is 10.3 Å². The summed E-state index contributed by atoms with van der Waals surface area (Å²) in [4.78, 5) is 3.06. The van der Waals surface area contributed by atoms with Gasteiger partial charge in [-0.05, 0) is 23.8 Å². The molecule has 0 aromatic carbocycles. The average Bonchev–Trinajstić information content (AvgIpc) is 2.74. The van der Waals surface area contributed by atoms with Crippen LogP contribution in [0.4, 0.5) is 0 Å². The van der Waals surface area contributed by atoms with E-state index in [1.165, 1.54) is 23.5 Å². The van der Waals surface area contributed by atoms with E-state index in [1.807, 2.05) is 18.0 Å². The molecule has 1 saturated heterocycles. The lowest BCUT2D eigenvalue weighted by Gasteiger charge is -2.09. The molecule has 1 aliphatic heterocycles. The fraction of sp³-hybridized carbons (Fsp3) is 0.556. The zero-order chi connectivity index (χ0) is 8.23. The lowest BCUT2D eigenvalue weighted by atomic mass is 10.2. The van der Waals surface area contributed by atoms with Gasteiger partial charge in [0.2, 0.25) is 0 Å². The summed E-state index contributed by atoms with van der Waals surface area (Å²) in [7, 11) is 0. The predicted octanol–water partition coefficient (Wildman–Crippen LogP) is 1.61. The van der Waals surface area contributed by atoms with Crippen molar-refractivity contribution in [2.45, 2.75) is 19.0 Å². The van der Waals surface area contributed by atoms with E-state index < -0.39 is 0 Å². The minimum atomic E-state index is 0.741. The summed E-state index contributed by atoms with van der Waals surface area (Å²) < 4.78 is 0. The highest BCUT2D eigenvalue weighted by Crippen LogP contribution is 2.17. The number of hydrogen-bond donors (Lipinski definition) is 2. The summed E-state index contributed by atoms with van der Waals surface area (Å²) in [5.41, 5.74) is 1.35. The molecular weight excluding hydrogens is 168 g/mol. The third-order valence-electron chi connectivity index (χ3n) is 2.19. The Morgan fingerprint density at radius 2 is 2.67 bits per heavy atom. The molecule has 2 heterocycles. The number of nitrogens with one attached hydrogen (secondary N) is 2. The molecule has 0 saturated carbocycles. The van der Waals surface area contributed by atoms with Gasteiger partial charge in [-0.3, -0.25) is 0 Å². The van der Waals surface area contributed by atoms with Crippen LogP contribution in [-0.4, -0.2) is 22.5 Å². The van der Waals surface area contributed by atoms with Gasteiger partial charge in [0.1, 0.15) is 0 Å². The van der Waals surface area contributed by atoms with Gasteiger partial charge >= 0.3 is 0 Å². The molecule has 2 N–H and O–H groups in total. The third-order valence-corrected chi connectivity index (χ3v) is 3.35. The Morgan fingerprint density at radius 3 is 3.33 bits per heavy atom. The fourth-order valence-corrected chi connectivity index (χ4v) is 2.61. The number of hydrogen-bond acceptors (Lipinski definition) is 2. The highest BCUT2D eigenvalue weighted by Gasteiger charge is 2.13. The van der Waals surface area contributed by atoms with Crippen LogP contribution in [0.15, 0.2) is 18.5 Å². The maximum Gasteiger partial charge on any atom is 0.0223 e. The second-order valence-electron chi connectivity index (χ2n) is 3.16. The summed E-state index contributed by atoms with van der Waals surface area (Å²) in [6.07, 6.45) is 5.35. The minimum Gasteiger partial charge on any atom is -0.367 e. The smallest absolute Gasteiger partial charge is 0.0223 e. The summed E-state index contributed by atoms with van der Waals surface area (Å²) >= 11 is 2.05. The van der Waals surface area contributed by atoms with E-state index >= 15 is 0 Å². The summed E-state index contributed by atoms with van der Waals surface area (Å²) in [5.74, 6) is 2.61. The van der Waals surface area contributed by atoms with Crippen molar-refractivity contribution < 1.29 is 0 Å². The first-order valence-electron chi connectivity index (χ1n) is 4.38. The summed E-state index contributed by atoms with van der Waals surface area (Å²) in [6, 6.07) is 2.86. The molecule has 2 nitrogen and oxygen atoms in total. The predicted molar refractivity (Wildman–Crippen MR) is 53.4 cm³/mol. The van der Waals surface area contributed by atoms with Gasteiger partial charge in [0.25, 0.3) is 0 Å². The molecule has 1 aromatic heterocycles. The Morgan fingerprint density at radius 1 is 1.67 bits per heavy atom. The molecule has 0 aliphatic carbocycles. The molecule has 66 valence electrons. The van der Waals surface area contributed by atoms with Crippen molar-refractivity contribution in [1.29, 1.82) is 0 Å². The van der Waals surface area contributed by atoms with E-state index in [1.54, 1.807) is 0 Å². The van der Waals surface area contributed by atoms with Crippen LogP contribution >= 0.6 is 11.8 Å². The number of aromatic nitrogens is 1. The standard InChI is InChI=1S/C9H14N2S/c1-3-10-5-8(1)6-11-9-2-4-12-7-9/h1,3,5,9-11H,2,4,6-7H2. The molecule has 3 heteroatoms. The van der Waals surface area contributed by atoms with Gasteiger partial charge in [0.05, 0.1) is 0 Å². The van der Waals surface area contributed by atoms with Crippen molar-refractivity contribution in [3.8, 4) is 0 Å². The third kappa shape index (κ3) is 2.05. The highest BCUT2D eigenvalue weighted by molar-refractivity contribution is 7.99. The first kappa shape index (κ1) is 8.20. The molecule has 1 aliphatic rings. The molecule has 12 heavy (non-hydrogen) atoms. The number of aromatic amines is 1. The Balaban J connectivity index is 1.74. The van der Waals surface area contributed by atoms with E-state index in [0.29, 0.717) is 0 Å². The molecule has 0 amide bonds. The van der Waals surface area contributed by atoms with Crippen molar-refractivity contribution >= 4 is 11.8 Å². The largest absolute Gasteiger partial charge is 0.367 e. The molecule has 0 radical (unpaired) electrons. The SMILES string of the molecule is c1cc(CNC2CCSC2)c[nH]1. The van der Waals surface area contributed by atoms with Crippen molar-refractivity contribution in [3.05, 3.63) is 24.0 Å². The van der Waals surface area contributed by atoms with Crippen LogP contribution < -0.4 is 5.32 Å². The monoisotopic (exact) mass is 182 g/mol. The normalized spacial score (nSPS) is 23.2. The lowest BCUT2D eigenvalue weighted by molar-refractivity contribution is 0.558.